The molecule has 31 heavy (non-hydrogen) atoms. The number of carbonyl (C=O) groups excluding carboxylic acids is 3. The molecule has 0 bridgehead atoms. The highest BCUT2D eigenvalue weighted by molar-refractivity contribution is 6.12. The summed E-state index contributed by atoms with van der Waals surface area (Å²) in [5.74, 6) is -0.665. The maximum absolute atomic E-state index is 13.1. The van der Waals surface area contributed by atoms with Gasteiger partial charge in [0.2, 0.25) is 0 Å². The van der Waals surface area contributed by atoms with E-state index in [1.165, 1.54) is 19.4 Å². The number of benzene rings is 1. The van der Waals surface area contributed by atoms with Crippen molar-refractivity contribution in [1.82, 2.24) is 4.98 Å². The van der Waals surface area contributed by atoms with Gasteiger partial charge in [-0.25, -0.2) is 14.4 Å². The molecule has 0 fully saturated rings. The van der Waals surface area contributed by atoms with E-state index in [1.54, 1.807) is 65.8 Å². The predicted octanol–water partition coefficient (Wildman–Crippen LogP) is 5.21. The van der Waals surface area contributed by atoms with Crippen LogP contribution in [0.4, 0.5) is 15.3 Å². The number of ether oxygens (including phenoxy) is 3. The van der Waals surface area contributed by atoms with Gasteiger partial charge in [0.1, 0.15) is 11.2 Å². The molecule has 0 aliphatic carbocycles. The highest BCUT2D eigenvalue weighted by atomic mass is 16.6. The number of hydrogen-bond donors (Lipinski definition) is 0. The molecule has 1 aromatic carbocycles. The van der Waals surface area contributed by atoms with E-state index in [4.69, 9.17) is 14.2 Å². The molecule has 8 heteroatoms. The maximum Gasteiger partial charge on any atom is 0.424 e. The third-order valence-electron chi connectivity index (χ3n) is 3.73. The molecule has 0 unspecified atom stereocenters. The monoisotopic (exact) mass is 428 g/mol. The molecule has 0 aliphatic heterocycles. The Balaban J connectivity index is 2.72. The van der Waals surface area contributed by atoms with Crippen molar-refractivity contribution >= 4 is 23.8 Å². The minimum Gasteiger partial charge on any atom is -0.465 e. The predicted molar refractivity (Wildman–Crippen MR) is 116 cm³/mol. The minimum absolute atomic E-state index is 0.0394. The second kappa shape index (κ2) is 9.16. The zero-order chi connectivity index (χ0) is 23.4. The summed E-state index contributed by atoms with van der Waals surface area (Å²) >= 11 is 0. The molecule has 1 aromatic heterocycles. The van der Waals surface area contributed by atoms with E-state index in [1.807, 2.05) is 6.07 Å². The molecule has 0 saturated carbocycles. The van der Waals surface area contributed by atoms with E-state index in [9.17, 15) is 14.4 Å². The second-order valence-electron chi connectivity index (χ2n) is 8.75. The number of esters is 1. The van der Waals surface area contributed by atoms with Gasteiger partial charge in [-0.15, -0.1) is 0 Å². The zero-order valence-electron chi connectivity index (χ0n) is 18.9. The Kier molecular flexibility index (Phi) is 7.05. The molecular weight excluding hydrogens is 400 g/mol. The summed E-state index contributed by atoms with van der Waals surface area (Å²) in [6.07, 6.45) is -0.592. The van der Waals surface area contributed by atoms with E-state index in [2.05, 4.69) is 4.98 Å². The molecule has 0 saturated heterocycles. The molecule has 2 rings (SSSR count). The van der Waals surface area contributed by atoms with E-state index in [0.717, 1.165) is 4.90 Å². The van der Waals surface area contributed by atoms with Crippen molar-refractivity contribution in [2.45, 2.75) is 52.7 Å². The standard InChI is InChI=1S/C23H28N2O6/c1-22(2,3)30-20(27)25(21(28)31-23(4,5)6)17-13-16(19(26)29-7)14-24-18(17)15-11-9-8-10-12-15/h8-14H,1-7H3. The average molecular weight is 428 g/mol. The number of imide groups is 1. The SMILES string of the molecule is COC(=O)c1cnc(-c2ccccc2)c(N(C(=O)OC(C)(C)C)C(=O)OC(C)(C)C)c1. The topological polar surface area (TPSA) is 95.0 Å². The molecule has 166 valence electrons. The number of aromatic nitrogens is 1. The second-order valence-corrected chi connectivity index (χ2v) is 8.75. The first kappa shape index (κ1) is 23.9. The normalized spacial score (nSPS) is 11.5. The first-order valence-corrected chi connectivity index (χ1v) is 9.72. The number of amides is 2. The summed E-state index contributed by atoms with van der Waals surface area (Å²) in [6, 6.07) is 10.3. The van der Waals surface area contributed by atoms with Crippen LogP contribution in [0, 0.1) is 0 Å². The smallest absolute Gasteiger partial charge is 0.424 e. The lowest BCUT2D eigenvalue weighted by Gasteiger charge is -2.29. The van der Waals surface area contributed by atoms with Crippen molar-refractivity contribution < 1.29 is 28.6 Å². The Morgan fingerprint density at radius 1 is 0.871 bits per heavy atom. The number of anilines is 1. The van der Waals surface area contributed by atoms with Gasteiger partial charge in [0.15, 0.2) is 0 Å². The van der Waals surface area contributed by atoms with Crippen molar-refractivity contribution in [1.29, 1.82) is 0 Å². The molecule has 0 radical (unpaired) electrons. The van der Waals surface area contributed by atoms with Crippen LogP contribution in [-0.4, -0.2) is 41.5 Å². The molecule has 1 heterocycles. The highest BCUT2D eigenvalue weighted by Crippen LogP contribution is 2.32. The molecule has 2 amide bonds. The minimum atomic E-state index is -0.956. The Bertz CT molecular complexity index is 930. The zero-order valence-corrected chi connectivity index (χ0v) is 18.9. The quantitative estimate of drug-likeness (QED) is 0.489. The summed E-state index contributed by atoms with van der Waals surface area (Å²) in [6.45, 7) is 10.1. The lowest BCUT2D eigenvalue weighted by Crippen LogP contribution is -2.44. The number of hydrogen-bond acceptors (Lipinski definition) is 7. The highest BCUT2D eigenvalue weighted by Gasteiger charge is 2.35. The molecule has 8 nitrogen and oxygen atoms in total. The Morgan fingerprint density at radius 3 is 1.84 bits per heavy atom. The van der Waals surface area contributed by atoms with Gasteiger partial charge in [0.25, 0.3) is 0 Å². The third kappa shape index (κ3) is 6.53. The summed E-state index contributed by atoms with van der Waals surface area (Å²) in [5, 5.41) is 0. The van der Waals surface area contributed by atoms with Gasteiger partial charge in [-0.1, -0.05) is 30.3 Å². The van der Waals surface area contributed by atoms with Gasteiger partial charge in [-0.3, -0.25) is 4.98 Å². The lowest BCUT2D eigenvalue weighted by atomic mass is 10.1. The largest absolute Gasteiger partial charge is 0.465 e. The van der Waals surface area contributed by atoms with Crippen LogP contribution in [0.25, 0.3) is 11.3 Å². The van der Waals surface area contributed by atoms with E-state index >= 15 is 0 Å². The van der Waals surface area contributed by atoms with Crippen LogP contribution < -0.4 is 4.90 Å². The van der Waals surface area contributed by atoms with E-state index < -0.39 is 29.4 Å². The fourth-order valence-electron chi connectivity index (χ4n) is 2.56. The van der Waals surface area contributed by atoms with Crippen LogP contribution in [-0.2, 0) is 14.2 Å². The van der Waals surface area contributed by atoms with Gasteiger partial charge in [0, 0.05) is 11.8 Å². The molecule has 0 N–H and O–H groups in total. The Labute approximate surface area is 182 Å². The lowest BCUT2D eigenvalue weighted by molar-refractivity contribution is 0.0428. The number of carbonyl (C=O) groups is 3. The Morgan fingerprint density at radius 2 is 1.39 bits per heavy atom. The summed E-state index contributed by atoms with van der Waals surface area (Å²) in [4.78, 5) is 43.4. The van der Waals surface area contributed by atoms with E-state index in [-0.39, 0.29) is 11.3 Å². The van der Waals surface area contributed by atoms with Gasteiger partial charge in [0.05, 0.1) is 24.1 Å². The molecule has 0 aliphatic rings. The number of methoxy groups -OCH3 is 1. The molecule has 2 aromatic rings. The molecule has 0 atom stereocenters. The maximum atomic E-state index is 13.1. The van der Waals surface area contributed by atoms with Crippen molar-refractivity contribution in [3.8, 4) is 11.3 Å². The average Bonchev–Trinajstić information content (AvgIpc) is 2.65. The summed E-state index contributed by atoms with van der Waals surface area (Å²) in [7, 11) is 1.23. The van der Waals surface area contributed by atoms with Crippen LogP contribution in [0.3, 0.4) is 0 Å². The fraction of sp³-hybridized carbons (Fsp3) is 0.391. The van der Waals surface area contributed by atoms with Crippen LogP contribution >= 0.6 is 0 Å². The molecule has 0 spiro atoms. The first-order chi connectivity index (χ1) is 14.3. The van der Waals surface area contributed by atoms with Crippen molar-refractivity contribution in [3.63, 3.8) is 0 Å². The van der Waals surface area contributed by atoms with Gasteiger partial charge < -0.3 is 14.2 Å². The van der Waals surface area contributed by atoms with Gasteiger partial charge >= 0.3 is 18.2 Å². The van der Waals surface area contributed by atoms with E-state index in [0.29, 0.717) is 11.3 Å². The molecular formula is C23H28N2O6. The van der Waals surface area contributed by atoms with Crippen molar-refractivity contribution in [2.24, 2.45) is 0 Å². The third-order valence-corrected chi connectivity index (χ3v) is 3.73. The summed E-state index contributed by atoms with van der Waals surface area (Å²) in [5.41, 5.74) is -0.724. The van der Waals surface area contributed by atoms with Gasteiger partial charge in [-0.2, -0.15) is 4.90 Å². The number of pyridine rings is 1. The number of rotatable bonds is 3. The van der Waals surface area contributed by atoms with Crippen molar-refractivity contribution in [2.75, 3.05) is 12.0 Å². The van der Waals surface area contributed by atoms with Crippen LogP contribution in [0.1, 0.15) is 51.9 Å². The number of nitrogens with zero attached hydrogens (tertiary/aromatic N) is 2. The van der Waals surface area contributed by atoms with Crippen LogP contribution in [0.5, 0.6) is 0 Å². The summed E-state index contributed by atoms with van der Waals surface area (Å²) < 4.78 is 15.7. The fourth-order valence-corrected chi connectivity index (χ4v) is 2.56. The van der Waals surface area contributed by atoms with Gasteiger partial charge in [-0.05, 0) is 47.6 Å². The van der Waals surface area contributed by atoms with Crippen LogP contribution in [0.2, 0.25) is 0 Å². The Hall–Kier alpha value is -3.42. The van der Waals surface area contributed by atoms with Crippen LogP contribution in [0.15, 0.2) is 42.6 Å². The van der Waals surface area contributed by atoms with Crippen molar-refractivity contribution in [3.05, 3.63) is 48.2 Å². The first-order valence-electron chi connectivity index (χ1n) is 9.72.